The van der Waals surface area contributed by atoms with Gasteiger partial charge in [-0.3, -0.25) is 4.79 Å². The lowest BCUT2D eigenvalue weighted by atomic mass is 9.64. The minimum atomic E-state index is -2.05. The molecule has 6 atom stereocenters. The minimum Gasteiger partial charge on any atom is -0.451 e. The molecule has 3 aliphatic carbocycles. The molecule has 0 aliphatic heterocycles. The molecule has 0 radical (unpaired) electrons. The molecule has 1 saturated carbocycles. The number of aliphatic hydroxyl groups is 3. The average molecular weight is 405 g/mol. The van der Waals surface area contributed by atoms with Crippen LogP contribution in [0.15, 0.2) is 34.9 Å². The van der Waals surface area contributed by atoms with Crippen LogP contribution in [0.4, 0.5) is 0 Å². The maximum Gasteiger partial charge on any atom is 0.334 e. The second-order valence-electron chi connectivity index (χ2n) is 8.76. The summed E-state index contributed by atoms with van der Waals surface area (Å²) >= 11 is 0. The number of carbonyl (C=O) groups is 2. The fraction of sp³-hybridized carbons (Fsp3) is 0.652. The Labute approximate surface area is 172 Å². The molecule has 6 heteroatoms. The van der Waals surface area contributed by atoms with Gasteiger partial charge < -0.3 is 20.1 Å². The lowest BCUT2D eigenvalue weighted by molar-refractivity contribution is -0.194. The summed E-state index contributed by atoms with van der Waals surface area (Å²) in [6, 6.07) is 0. The highest BCUT2D eigenvalue weighted by Crippen LogP contribution is 2.57. The number of Topliss-reactive ketones (excluding diaryl/α,β-unsaturated/α-hetero) is 1. The summed E-state index contributed by atoms with van der Waals surface area (Å²) in [5, 5.41) is 33.1. The Morgan fingerprint density at radius 2 is 2.10 bits per heavy atom. The SMILES string of the molecule is C/C=C(\C)C(=O)O[C@H]1C(C)=C[C@@]23CC[C@@H](CC)C[C@H](C=C(CO)[C@@H](O)[C@]12O)C3=O. The van der Waals surface area contributed by atoms with E-state index in [-0.39, 0.29) is 11.4 Å². The summed E-state index contributed by atoms with van der Waals surface area (Å²) < 4.78 is 5.65. The van der Waals surface area contributed by atoms with Gasteiger partial charge in [0.1, 0.15) is 6.10 Å². The molecule has 1 spiro atoms. The molecule has 1 fully saturated rings. The highest BCUT2D eigenvalue weighted by molar-refractivity contribution is 5.94. The number of hydrogen-bond donors (Lipinski definition) is 3. The van der Waals surface area contributed by atoms with Gasteiger partial charge in [-0.2, -0.15) is 0 Å². The number of ketones is 1. The van der Waals surface area contributed by atoms with E-state index in [0.29, 0.717) is 29.9 Å². The number of ether oxygens (including phenoxy) is 1. The van der Waals surface area contributed by atoms with Crippen molar-refractivity contribution in [3.8, 4) is 0 Å². The Kier molecular flexibility index (Phi) is 5.91. The van der Waals surface area contributed by atoms with E-state index in [4.69, 9.17) is 4.74 Å². The normalized spacial score (nSPS) is 39.8. The maximum absolute atomic E-state index is 13.7. The van der Waals surface area contributed by atoms with Crippen molar-refractivity contribution in [2.75, 3.05) is 6.61 Å². The molecule has 0 amide bonds. The molecule has 29 heavy (non-hydrogen) atoms. The summed E-state index contributed by atoms with van der Waals surface area (Å²) in [6.07, 6.45) is 4.89. The summed E-state index contributed by atoms with van der Waals surface area (Å²) in [5.74, 6) is -0.964. The Bertz CT molecular complexity index is 793. The van der Waals surface area contributed by atoms with Gasteiger partial charge in [0, 0.05) is 11.5 Å². The van der Waals surface area contributed by atoms with E-state index in [9.17, 15) is 24.9 Å². The first-order valence-electron chi connectivity index (χ1n) is 10.5. The lowest BCUT2D eigenvalue weighted by Gasteiger charge is -2.45. The molecular formula is C23H32O6. The Balaban J connectivity index is 2.17. The van der Waals surface area contributed by atoms with Gasteiger partial charge in [-0.25, -0.2) is 4.79 Å². The summed E-state index contributed by atoms with van der Waals surface area (Å²) in [7, 11) is 0. The van der Waals surface area contributed by atoms with Crippen molar-refractivity contribution >= 4 is 11.8 Å². The lowest BCUT2D eigenvalue weighted by Crippen LogP contribution is -2.63. The predicted molar refractivity (Wildman–Crippen MR) is 108 cm³/mol. The van der Waals surface area contributed by atoms with Crippen LogP contribution in [0.5, 0.6) is 0 Å². The van der Waals surface area contributed by atoms with Crippen LogP contribution in [0.25, 0.3) is 0 Å². The van der Waals surface area contributed by atoms with Crippen LogP contribution in [-0.2, 0) is 14.3 Å². The Morgan fingerprint density at radius 3 is 2.69 bits per heavy atom. The number of aliphatic hydroxyl groups excluding tert-OH is 2. The van der Waals surface area contributed by atoms with Crippen LogP contribution in [-0.4, -0.2) is 51.5 Å². The Hall–Kier alpha value is -1.76. The van der Waals surface area contributed by atoms with Crippen molar-refractivity contribution in [1.29, 1.82) is 0 Å². The van der Waals surface area contributed by atoms with Gasteiger partial charge in [0.15, 0.2) is 17.5 Å². The van der Waals surface area contributed by atoms with E-state index in [0.717, 1.165) is 12.8 Å². The van der Waals surface area contributed by atoms with Crippen molar-refractivity contribution in [3.63, 3.8) is 0 Å². The fourth-order valence-corrected chi connectivity index (χ4v) is 5.35. The van der Waals surface area contributed by atoms with Crippen molar-refractivity contribution in [2.45, 2.75) is 71.2 Å². The zero-order valence-electron chi connectivity index (χ0n) is 17.6. The first-order chi connectivity index (χ1) is 13.7. The molecule has 3 N–H and O–H groups in total. The minimum absolute atomic E-state index is 0.167. The summed E-state index contributed by atoms with van der Waals surface area (Å²) in [6.45, 7) is 6.63. The zero-order valence-corrected chi connectivity index (χ0v) is 17.6. The predicted octanol–water partition coefficient (Wildman–Crippen LogP) is 2.23. The van der Waals surface area contributed by atoms with Gasteiger partial charge in [0.25, 0.3) is 0 Å². The fourth-order valence-electron chi connectivity index (χ4n) is 5.35. The van der Waals surface area contributed by atoms with E-state index in [2.05, 4.69) is 6.92 Å². The summed E-state index contributed by atoms with van der Waals surface area (Å²) in [4.78, 5) is 26.2. The third kappa shape index (κ3) is 3.13. The van der Waals surface area contributed by atoms with Crippen LogP contribution >= 0.6 is 0 Å². The first-order valence-corrected chi connectivity index (χ1v) is 10.5. The molecule has 0 aromatic rings. The molecular weight excluding hydrogens is 372 g/mol. The molecule has 160 valence electrons. The van der Waals surface area contributed by atoms with Gasteiger partial charge in [0.05, 0.1) is 12.0 Å². The molecule has 0 saturated heterocycles. The molecule has 0 aromatic heterocycles. The average Bonchev–Trinajstić information content (AvgIpc) is 2.80. The molecule has 3 aliphatic rings. The van der Waals surface area contributed by atoms with E-state index >= 15 is 0 Å². The highest BCUT2D eigenvalue weighted by Gasteiger charge is 2.69. The molecule has 0 unspecified atom stereocenters. The molecule has 3 rings (SSSR count). The summed E-state index contributed by atoms with van der Waals surface area (Å²) in [5.41, 5.74) is -2.28. The molecule has 6 nitrogen and oxygen atoms in total. The molecule has 0 heterocycles. The van der Waals surface area contributed by atoms with E-state index in [1.807, 2.05) is 0 Å². The largest absolute Gasteiger partial charge is 0.451 e. The number of esters is 1. The van der Waals surface area contributed by atoms with Crippen molar-refractivity contribution in [3.05, 3.63) is 34.9 Å². The van der Waals surface area contributed by atoms with Gasteiger partial charge in [0.2, 0.25) is 0 Å². The molecule has 0 aromatic carbocycles. The number of carbonyl (C=O) groups excluding carboxylic acids is 2. The third-order valence-corrected chi connectivity index (χ3v) is 7.24. The zero-order chi connectivity index (χ0) is 21.6. The standard InChI is InChI=1S/C23H32O6/c1-5-13(3)21(27)29-20-14(4)11-22-8-7-15(6-2)9-16(18(22)25)10-17(12-24)19(26)23(20,22)28/h5,10-11,15-16,19-20,24,26,28H,6-9,12H2,1-4H3/b13-5+/t15-,16-,19-,20+,22-,23+/m1/s1. The second-order valence-corrected chi connectivity index (χ2v) is 8.76. The van der Waals surface area contributed by atoms with Crippen LogP contribution in [0.1, 0.15) is 53.4 Å². The van der Waals surface area contributed by atoms with Gasteiger partial charge >= 0.3 is 5.97 Å². The van der Waals surface area contributed by atoms with Gasteiger partial charge in [-0.15, -0.1) is 0 Å². The van der Waals surface area contributed by atoms with Crippen LogP contribution in [0, 0.1) is 17.3 Å². The first kappa shape index (κ1) is 21.9. The molecule has 2 bridgehead atoms. The number of rotatable bonds is 4. The van der Waals surface area contributed by atoms with Crippen LogP contribution in [0.3, 0.4) is 0 Å². The number of allylic oxidation sites excluding steroid dienone is 2. The van der Waals surface area contributed by atoms with E-state index < -0.39 is 41.7 Å². The smallest absolute Gasteiger partial charge is 0.334 e. The Morgan fingerprint density at radius 1 is 1.41 bits per heavy atom. The van der Waals surface area contributed by atoms with Crippen molar-refractivity contribution in [1.82, 2.24) is 0 Å². The number of fused-ring (bicyclic) bond motifs is 1. The van der Waals surface area contributed by atoms with Crippen LogP contribution in [0.2, 0.25) is 0 Å². The van der Waals surface area contributed by atoms with Gasteiger partial charge in [-0.1, -0.05) is 31.6 Å². The van der Waals surface area contributed by atoms with E-state index in [1.165, 1.54) is 0 Å². The highest BCUT2D eigenvalue weighted by atomic mass is 16.6. The van der Waals surface area contributed by atoms with Crippen LogP contribution < -0.4 is 0 Å². The quantitative estimate of drug-likeness (QED) is 0.377. The topological polar surface area (TPSA) is 104 Å². The second kappa shape index (κ2) is 7.82. The third-order valence-electron chi connectivity index (χ3n) is 7.24. The maximum atomic E-state index is 13.7. The van der Waals surface area contributed by atoms with Gasteiger partial charge in [-0.05, 0) is 57.1 Å². The van der Waals surface area contributed by atoms with E-state index in [1.54, 1.807) is 39.0 Å². The monoisotopic (exact) mass is 404 g/mol. The van der Waals surface area contributed by atoms with Crippen molar-refractivity contribution in [2.24, 2.45) is 17.3 Å². The number of hydrogen-bond acceptors (Lipinski definition) is 6. The van der Waals surface area contributed by atoms with Crippen molar-refractivity contribution < 1.29 is 29.6 Å².